The van der Waals surface area contributed by atoms with E-state index in [4.69, 9.17) is 0 Å². The summed E-state index contributed by atoms with van der Waals surface area (Å²) in [6.07, 6.45) is 3.76. The number of amides is 2. The fourth-order valence-corrected chi connectivity index (χ4v) is 2.42. The van der Waals surface area contributed by atoms with Gasteiger partial charge in [-0.25, -0.2) is 9.78 Å². The first kappa shape index (κ1) is 18.1. The van der Waals surface area contributed by atoms with Crippen LogP contribution in [0.25, 0.3) is 0 Å². The van der Waals surface area contributed by atoms with Crippen LogP contribution in [-0.2, 0) is 0 Å². The lowest BCUT2D eigenvalue weighted by molar-refractivity contribution is 0.189. The van der Waals surface area contributed by atoms with Crippen molar-refractivity contribution in [2.45, 2.75) is 40.5 Å². The summed E-state index contributed by atoms with van der Waals surface area (Å²) in [5, 5.41) is 3.01. The van der Waals surface area contributed by atoms with Gasteiger partial charge in [-0.1, -0.05) is 38.3 Å². The van der Waals surface area contributed by atoms with Crippen molar-refractivity contribution in [1.29, 1.82) is 0 Å². The number of hydrogen-bond donors (Lipinski definition) is 1. The monoisotopic (exact) mass is 325 g/mol. The smallest absolute Gasteiger partial charge is 0.317 e. The molecule has 0 aliphatic carbocycles. The number of nitrogens with one attached hydrogen (secondary N) is 1. The van der Waals surface area contributed by atoms with E-state index in [1.54, 1.807) is 0 Å². The van der Waals surface area contributed by atoms with Crippen molar-refractivity contribution in [1.82, 2.24) is 15.2 Å². The number of urea groups is 1. The van der Waals surface area contributed by atoms with Crippen molar-refractivity contribution in [2.24, 2.45) is 5.41 Å². The molecule has 4 heteroatoms. The number of nitrogens with zero attached hydrogens (tertiary/aromatic N) is 2. The summed E-state index contributed by atoms with van der Waals surface area (Å²) in [6, 6.07) is 5.89. The van der Waals surface area contributed by atoms with Crippen LogP contribution in [0.15, 0.2) is 29.8 Å². The highest BCUT2D eigenvalue weighted by Crippen LogP contribution is 2.16. The Kier molecular flexibility index (Phi) is 6.03. The van der Waals surface area contributed by atoms with Crippen molar-refractivity contribution in [3.63, 3.8) is 0 Å². The van der Waals surface area contributed by atoms with Crippen molar-refractivity contribution in [3.05, 3.63) is 41.2 Å². The summed E-state index contributed by atoms with van der Waals surface area (Å²) in [7, 11) is 0. The zero-order valence-electron chi connectivity index (χ0n) is 15.1. The second-order valence-corrected chi connectivity index (χ2v) is 7.44. The molecule has 1 fully saturated rings. The van der Waals surface area contributed by atoms with Gasteiger partial charge in [-0.3, -0.25) is 0 Å². The number of likely N-dealkylation sites (tertiary alicyclic amines) is 1. The fraction of sp³-hybridized carbons (Fsp3) is 0.500. The fourth-order valence-electron chi connectivity index (χ4n) is 2.42. The Hall–Kier alpha value is -2.28. The Bertz CT molecular complexity index is 664. The molecular formula is C20H27N3O. The van der Waals surface area contributed by atoms with Gasteiger partial charge in [-0.05, 0) is 49.3 Å². The molecule has 0 aromatic carbocycles. The van der Waals surface area contributed by atoms with Crippen molar-refractivity contribution in [3.8, 4) is 11.8 Å². The summed E-state index contributed by atoms with van der Waals surface area (Å²) in [4.78, 5) is 18.4. The van der Waals surface area contributed by atoms with E-state index in [-0.39, 0.29) is 11.4 Å². The molecule has 2 heterocycles. The lowest BCUT2D eigenvalue weighted by Crippen LogP contribution is -2.45. The molecule has 1 aromatic heterocycles. The normalized spacial score (nSPS) is 14.7. The van der Waals surface area contributed by atoms with Gasteiger partial charge in [0, 0.05) is 25.3 Å². The highest BCUT2D eigenvalue weighted by atomic mass is 16.2. The second-order valence-electron chi connectivity index (χ2n) is 7.44. The van der Waals surface area contributed by atoms with E-state index in [0.717, 1.165) is 37.3 Å². The molecule has 0 unspecified atom stereocenters. The second kappa shape index (κ2) is 8.01. The molecule has 0 radical (unpaired) electrons. The van der Waals surface area contributed by atoms with E-state index in [2.05, 4.69) is 42.9 Å². The highest BCUT2D eigenvalue weighted by Gasteiger charge is 2.20. The van der Waals surface area contributed by atoms with E-state index in [1.165, 1.54) is 5.57 Å². The molecule has 1 N–H and O–H groups in total. The zero-order valence-corrected chi connectivity index (χ0v) is 15.1. The quantitative estimate of drug-likeness (QED) is 0.803. The van der Waals surface area contributed by atoms with Crippen LogP contribution in [0.4, 0.5) is 4.79 Å². The third-order valence-electron chi connectivity index (χ3n) is 3.83. The van der Waals surface area contributed by atoms with E-state index >= 15 is 0 Å². The number of carbonyl (C=O) groups is 1. The van der Waals surface area contributed by atoms with E-state index in [1.807, 2.05) is 36.1 Å². The van der Waals surface area contributed by atoms with Gasteiger partial charge in [-0.15, -0.1) is 0 Å². The van der Waals surface area contributed by atoms with Crippen molar-refractivity contribution in [2.75, 3.05) is 19.6 Å². The Morgan fingerprint density at radius 2 is 2.04 bits per heavy atom. The average molecular weight is 325 g/mol. The number of rotatable bonds is 1. The van der Waals surface area contributed by atoms with Gasteiger partial charge in [0.25, 0.3) is 0 Å². The topological polar surface area (TPSA) is 45.2 Å². The molecule has 24 heavy (non-hydrogen) atoms. The number of pyridine rings is 1. The summed E-state index contributed by atoms with van der Waals surface area (Å²) in [6.45, 7) is 10.5. The number of aryl methyl sites for hydroxylation is 1. The SMILES string of the molecule is Cc1cccc(C#CC=C2CCN(C(=O)NCC(C)(C)C)CC2)n1. The van der Waals surface area contributed by atoms with E-state index < -0.39 is 0 Å². The van der Waals surface area contributed by atoms with Crippen LogP contribution in [0, 0.1) is 24.2 Å². The summed E-state index contributed by atoms with van der Waals surface area (Å²) < 4.78 is 0. The van der Waals surface area contributed by atoms with Crippen LogP contribution in [0.2, 0.25) is 0 Å². The van der Waals surface area contributed by atoms with Crippen LogP contribution in [0.3, 0.4) is 0 Å². The van der Waals surface area contributed by atoms with Crippen LogP contribution in [0.1, 0.15) is 45.0 Å². The molecule has 1 aromatic rings. The first-order chi connectivity index (χ1) is 11.3. The molecule has 1 aliphatic heterocycles. The minimum absolute atomic E-state index is 0.0408. The number of allylic oxidation sites excluding steroid dienone is 1. The summed E-state index contributed by atoms with van der Waals surface area (Å²) in [5.74, 6) is 6.17. The van der Waals surface area contributed by atoms with Crippen molar-refractivity contribution >= 4 is 6.03 Å². The Balaban J connectivity index is 1.83. The predicted molar refractivity (Wildman–Crippen MR) is 97.6 cm³/mol. The molecule has 2 rings (SSSR count). The maximum Gasteiger partial charge on any atom is 0.317 e. The predicted octanol–water partition coefficient (Wildman–Crippen LogP) is 3.52. The number of carbonyl (C=O) groups excluding carboxylic acids is 1. The van der Waals surface area contributed by atoms with E-state index in [9.17, 15) is 4.79 Å². The Morgan fingerprint density at radius 1 is 1.33 bits per heavy atom. The maximum absolute atomic E-state index is 12.1. The first-order valence-corrected chi connectivity index (χ1v) is 8.49. The van der Waals surface area contributed by atoms with E-state index in [0.29, 0.717) is 6.54 Å². The third kappa shape index (κ3) is 6.08. The molecule has 1 saturated heterocycles. The molecule has 0 atom stereocenters. The van der Waals surface area contributed by atoms with Gasteiger partial charge < -0.3 is 10.2 Å². The number of piperidine rings is 1. The van der Waals surface area contributed by atoms with Crippen LogP contribution < -0.4 is 5.32 Å². The molecule has 128 valence electrons. The summed E-state index contributed by atoms with van der Waals surface area (Å²) in [5.41, 5.74) is 3.18. The first-order valence-electron chi connectivity index (χ1n) is 8.49. The van der Waals surface area contributed by atoms with Crippen LogP contribution in [-0.4, -0.2) is 35.5 Å². The van der Waals surface area contributed by atoms with Crippen LogP contribution in [0.5, 0.6) is 0 Å². The number of hydrogen-bond acceptors (Lipinski definition) is 2. The van der Waals surface area contributed by atoms with Gasteiger partial charge in [0.1, 0.15) is 5.69 Å². The van der Waals surface area contributed by atoms with Crippen LogP contribution >= 0.6 is 0 Å². The Morgan fingerprint density at radius 3 is 2.67 bits per heavy atom. The molecule has 2 amide bonds. The highest BCUT2D eigenvalue weighted by molar-refractivity contribution is 5.74. The molecule has 4 nitrogen and oxygen atoms in total. The minimum atomic E-state index is 0.0408. The maximum atomic E-state index is 12.1. The lowest BCUT2D eigenvalue weighted by atomic mass is 9.97. The zero-order chi connectivity index (χ0) is 17.6. The van der Waals surface area contributed by atoms with Gasteiger partial charge in [-0.2, -0.15) is 0 Å². The number of aromatic nitrogens is 1. The summed E-state index contributed by atoms with van der Waals surface area (Å²) >= 11 is 0. The van der Waals surface area contributed by atoms with Gasteiger partial charge >= 0.3 is 6.03 Å². The van der Waals surface area contributed by atoms with Crippen molar-refractivity contribution < 1.29 is 4.79 Å². The third-order valence-corrected chi connectivity index (χ3v) is 3.83. The molecule has 0 bridgehead atoms. The standard InChI is InChI=1S/C20H27N3O/c1-16-7-5-9-18(22-16)10-6-8-17-11-13-23(14-12-17)19(24)21-15-20(2,3)4/h5,7-9H,11-15H2,1-4H3,(H,21,24). The largest absolute Gasteiger partial charge is 0.337 e. The van der Waals surface area contributed by atoms with Gasteiger partial charge in [0.2, 0.25) is 0 Å². The molecular weight excluding hydrogens is 298 g/mol. The Labute approximate surface area is 145 Å². The molecule has 1 aliphatic rings. The van der Waals surface area contributed by atoms with Gasteiger partial charge in [0.05, 0.1) is 0 Å². The minimum Gasteiger partial charge on any atom is -0.337 e. The lowest BCUT2D eigenvalue weighted by Gasteiger charge is -2.29. The molecule has 0 spiro atoms. The molecule has 0 saturated carbocycles. The average Bonchev–Trinajstić information content (AvgIpc) is 2.53. The van der Waals surface area contributed by atoms with Gasteiger partial charge in [0.15, 0.2) is 0 Å².